The lowest BCUT2D eigenvalue weighted by molar-refractivity contribution is -0.125. The first-order valence-electron chi connectivity index (χ1n) is 6.45. The highest BCUT2D eigenvalue weighted by Crippen LogP contribution is 2.35. The van der Waals surface area contributed by atoms with E-state index in [1.807, 2.05) is 25.2 Å². The molecule has 2 N–H and O–H groups in total. The number of nitrogens with one attached hydrogen (secondary N) is 1. The number of hydrogen-bond acceptors (Lipinski definition) is 4. The molecular weight excluding hydrogens is 244 g/mol. The van der Waals surface area contributed by atoms with E-state index in [2.05, 4.69) is 5.32 Å². The molecule has 1 amide bonds. The van der Waals surface area contributed by atoms with Gasteiger partial charge in [-0.15, -0.1) is 0 Å². The van der Waals surface area contributed by atoms with E-state index in [4.69, 9.17) is 4.74 Å². The summed E-state index contributed by atoms with van der Waals surface area (Å²) in [6.45, 7) is 2.47. The Kier molecular flexibility index (Phi) is 4.07. The zero-order chi connectivity index (χ0) is 14.0. The zero-order valence-corrected chi connectivity index (χ0v) is 11.5. The standard InChI is InChI=1S/C14H20N2O3/c1-9-14(18)16(3)11-8-10(4-5-13(11)19-9)12(17)6-7-15-2/h4-5,8-9,12,15,17H,6-7H2,1-3H3. The Morgan fingerprint density at radius 3 is 2.95 bits per heavy atom. The summed E-state index contributed by atoms with van der Waals surface area (Å²) >= 11 is 0. The summed E-state index contributed by atoms with van der Waals surface area (Å²) in [5.41, 5.74) is 1.51. The lowest BCUT2D eigenvalue weighted by atomic mass is 10.0. The lowest BCUT2D eigenvalue weighted by Crippen LogP contribution is -2.42. The normalized spacial score (nSPS) is 19.9. The molecule has 0 saturated carbocycles. The number of carbonyl (C=O) groups excluding carboxylic acids is 1. The molecule has 5 nitrogen and oxygen atoms in total. The molecular formula is C14H20N2O3. The Morgan fingerprint density at radius 2 is 2.26 bits per heavy atom. The maximum absolute atomic E-state index is 11.9. The van der Waals surface area contributed by atoms with Gasteiger partial charge in [-0.2, -0.15) is 0 Å². The van der Waals surface area contributed by atoms with E-state index in [0.717, 1.165) is 12.1 Å². The van der Waals surface area contributed by atoms with Gasteiger partial charge in [-0.25, -0.2) is 0 Å². The van der Waals surface area contributed by atoms with Crippen molar-refractivity contribution < 1.29 is 14.6 Å². The van der Waals surface area contributed by atoms with Gasteiger partial charge in [-0.05, 0) is 44.6 Å². The fourth-order valence-electron chi connectivity index (χ4n) is 2.18. The van der Waals surface area contributed by atoms with Crippen LogP contribution in [0.1, 0.15) is 25.0 Å². The van der Waals surface area contributed by atoms with Crippen LogP contribution in [0.15, 0.2) is 18.2 Å². The number of benzene rings is 1. The number of likely N-dealkylation sites (N-methyl/N-ethyl adjacent to an activating group) is 1. The molecule has 2 atom stereocenters. The molecule has 0 spiro atoms. The summed E-state index contributed by atoms with van der Waals surface area (Å²) in [5, 5.41) is 13.1. The molecule has 0 bridgehead atoms. The minimum absolute atomic E-state index is 0.0747. The van der Waals surface area contributed by atoms with E-state index in [-0.39, 0.29) is 5.91 Å². The number of aliphatic hydroxyl groups is 1. The average Bonchev–Trinajstić information content (AvgIpc) is 2.42. The molecule has 2 rings (SSSR count). The van der Waals surface area contributed by atoms with Gasteiger partial charge in [0.2, 0.25) is 0 Å². The van der Waals surface area contributed by atoms with Crippen LogP contribution in [0, 0.1) is 0 Å². The smallest absolute Gasteiger partial charge is 0.267 e. The van der Waals surface area contributed by atoms with Crippen LogP contribution in [0.5, 0.6) is 5.75 Å². The van der Waals surface area contributed by atoms with Crippen LogP contribution in [0.4, 0.5) is 5.69 Å². The Bertz CT molecular complexity index is 476. The fraction of sp³-hybridized carbons (Fsp3) is 0.500. The number of fused-ring (bicyclic) bond motifs is 1. The van der Waals surface area contributed by atoms with Crippen molar-refractivity contribution in [2.75, 3.05) is 25.5 Å². The van der Waals surface area contributed by atoms with E-state index in [1.54, 1.807) is 18.9 Å². The van der Waals surface area contributed by atoms with E-state index >= 15 is 0 Å². The van der Waals surface area contributed by atoms with Crippen LogP contribution in [0.3, 0.4) is 0 Å². The topological polar surface area (TPSA) is 61.8 Å². The largest absolute Gasteiger partial charge is 0.479 e. The molecule has 1 heterocycles. The van der Waals surface area contributed by atoms with E-state index in [1.165, 1.54) is 0 Å². The van der Waals surface area contributed by atoms with Gasteiger partial charge in [-0.3, -0.25) is 4.79 Å². The van der Waals surface area contributed by atoms with Crippen molar-refractivity contribution in [3.8, 4) is 5.75 Å². The fourth-order valence-corrected chi connectivity index (χ4v) is 2.18. The summed E-state index contributed by atoms with van der Waals surface area (Å²) < 4.78 is 5.55. The van der Waals surface area contributed by atoms with Crippen molar-refractivity contribution in [1.29, 1.82) is 0 Å². The summed E-state index contributed by atoms with van der Waals surface area (Å²) in [7, 11) is 3.57. The first kappa shape index (κ1) is 13.8. The third-order valence-electron chi connectivity index (χ3n) is 3.38. The Hall–Kier alpha value is -1.59. The van der Waals surface area contributed by atoms with Crippen LogP contribution in [-0.2, 0) is 4.79 Å². The Balaban J connectivity index is 2.26. The van der Waals surface area contributed by atoms with Gasteiger partial charge in [0, 0.05) is 7.05 Å². The summed E-state index contributed by atoms with van der Waals surface area (Å²) in [5.74, 6) is 0.605. The number of nitrogens with zero attached hydrogens (tertiary/aromatic N) is 1. The number of anilines is 1. The van der Waals surface area contributed by atoms with Gasteiger partial charge in [0.1, 0.15) is 5.75 Å². The highest BCUT2D eigenvalue weighted by atomic mass is 16.5. The quantitative estimate of drug-likeness (QED) is 0.854. The van der Waals surface area contributed by atoms with Gasteiger partial charge < -0.3 is 20.1 Å². The third-order valence-corrected chi connectivity index (χ3v) is 3.38. The molecule has 0 saturated heterocycles. The second kappa shape index (κ2) is 5.59. The van der Waals surface area contributed by atoms with Gasteiger partial charge >= 0.3 is 0 Å². The van der Waals surface area contributed by atoms with Crippen LogP contribution in [-0.4, -0.2) is 37.8 Å². The lowest BCUT2D eigenvalue weighted by Gasteiger charge is -2.31. The van der Waals surface area contributed by atoms with Crippen molar-refractivity contribution in [3.63, 3.8) is 0 Å². The van der Waals surface area contributed by atoms with Gasteiger partial charge in [-0.1, -0.05) is 6.07 Å². The maximum atomic E-state index is 11.9. The van der Waals surface area contributed by atoms with Crippen molar-refractivity contribution in [1.82, 2.24) is 5.32 Å². The molecule has 0 radical (unpaired) electrons. The van der Waals surface area contributed by atoms with Crippen molar-refractivity contribution in [3.05, 3.63) is 23.8 Å². The molecule has 5 heteroatoms. The molecule has 1 aliphatic rings. The maximum Gasteiger partial charge on any atom is 0.267 e. The zero-order valence-electron chi connectivity index (χ0n) is 11.5. The summed E-state index contributed by atoms with van der Waals surface area (Å²) in [6.07, 6.45) is -0.373. The molecule has 1 aromatic rings. The van der Waals surface area contributed by atoms with Crippen LogP contribution < -0.4 is 15.0 Å². The molecule has 0 aliphatic carbocycles. The minimum Gasteiger partial charge on any atom is -0.479 e. The number of rotatable bonds is 4. The van der Waals surface area contributed by atoms with Gasteiger partial charge in [0.05, 0.1) is 11.8 Å². The predicted molar refractivity (Wildman–Crippen MR) is 73.4 cm³/mol. The molecule has 0 aromatic heterocycles. The summed E-state index contributed by atoms with van der Waals surface area (Å²) in [6, 6.07) is 5.47. The van der Waals surface area contributed by atoms with Gasteiger partial charge in [0.25, 0.3) is 5.91 Å². The van der Waals surface area contributed by atoms with Crippen LogP contribution >= 0.6 is 0 Å². The van der Waals surface area contributed by atoms with E-state index < -0.39 is 12.2 Å². The average molecular weight is 264 g/mol. The highest BCUT2D eigenvalue weighted by Gasteiger charge is 2.29. The first-order valence-corrected chi connectivity index (χ1v) is 6.45. The molecule has 104 valence electrons. The van der Waals surface area contributed by atoms with Crippen LogP contribution in [0.2, 0.25) is 0 Å². The Morgan fingerprint density at radius 1 is 1.53 bits per heavy atom. The van der Waals surface area contributed by atoms with E-state index in [0.29, 0.717) is 17.9 Å². The molecule has 2 unspecified atom stereocenters. The summed E-state index contributed by atoms with van der Waals surface area (Å²) in [4.78, 5) is 13.5. The number of hydrogen-bond donors (Lipinski definition) is 2. The van der Waals surface area contributed by atoms with Crippen molar-refractivity contribution in [2.45, 2.75) is 25.6 Å². The van der Waals surface area contributed by atoms with Crippen molar-refractivity contribution >= 4 is 11.6 Å². The number of carbonyl (C=O) groups is 1. The monoisotopic (exact) mass is 264 g/mol. The first-order chi connectivity index (χ1) is 9.04. The molecule has 1 aliphatic heterocycles. The van der Waals surface area contributed by atoms with Gasteiger partial charge in [0.15, 0.2) is 6.10 Å². The second-order valence-corrected chi connectivity index (χ2v) is 4.79. The third kappa shape index (κ3) is 2.72. The molecule has 1 aromatic carbocycles. The van der Waals surface area contributed by atoms with Crippen LogP contribution in [0.25, 0.3) is 0 Å². The predicted octanol–water partition coefficient (Wildman–Crippen LogP) is 1.07. The number of ether oxygens (including phenoxy) is 1. The number of amides is 1. The highest BCUT2D eigenvalue weighted by molar-refractivity contribution is 5.99. The molecule has 19 heavy (non-hydrogen) atoms. The van der Waals surface area contributed by atoms with Crippen molar-refractivity contribution in [2.24, 2.45) is 0 Å². The second-order valence-electron chi connectivity index (χ2n) is 4.79. The van der Waals surface area contributed by atoms with E-state index in [9.17, 15) is 9.90 Å². The molecule has 0 fully saturated rings. The minimum atomic E-state index is -0.541. The SMILES string of the molecule is CNCCC(O)c1ccc2c(c1)N(C)C(=O)C(C)O2. The number of aliphatic hydroxyl groups excluding tert-OH is 1. The Labute approximate surface area is 113 Å².